The average molecular weight is 437 g/mol. The summed E-state index contributed by atoms with van der Waals surface area (Å²) in [4.78, 5) is 19.8. The number of aromatic nitrogens is 1. The van der Waals surface area contributed by atoms with Crippen LogP contribution in [0, 0.1) is 0 Å². The van der Waals surface area contributed by atoms with E-state index in [2.05, 4.69) is 6.92 Å². The van der Waals surface area contributed by atoms with Gasteiger partial charge in [0.1, 0.15) is 17.3 Å². The fraction of sp³-hybridized carbons (Fsp3) is 0.250. The van der Waals surface area contributed by atoms with E-state index in [4.69, 9.17) is 18.9 Å². The summed E-state index contributed by atoms with van der Waals surface area (Å²) in [5.74, 6) is 2.02. The van der Waals surface area contributed by atoms with Gasteiger partial charge in [-0.1, -0.05) is 24.7 Å². The van der Waals surface area contributed by atoms with Gasteiger partial charge in [0.05, 0.1) is 36.7 Å². The molecule has 31 heavy (non-hydrogen) atoms. The minimum Gasteiger partial charge on any atom is -0.497 e. The topological polar surface area (TPSA) is 64.8 Å². The first kappa shape index (κ1) is 20.9. The summed E-state index contributed by atoms with van der Waals surface area (Å²) in [5.41, 5.74) is 1.35. The first-order valence-corrected chi connectivity index (χ1v) is 11.0. The highest BCUT2D eigenvalue weighted by Crippen LogP contribution is 2.33. The molecule has 6 nitrogen and oxygen atoms in total. The molecule has 2 aromatic heterocycles. The largest absolute Gasteiger partial charge is 0.497 e. The lowest BCUT2D eigenvalue weighted by molar-refractivity contribution is 0.0983. The lowest BCUT2D eigenvalue weighted by Gasteiger charge is -2.19. The van der Waals surface area contributed by atoms with Crippen molar-refractivity contribution in [3.8, 4) is 11.5 Å². The number of nitrogens with zero attached hydrogens (tertiary/aromatic N) is 2. The van der Waals surface area contributed by atoms with Crippen molar-refractivity contribution in [2.24, 2.45) is 0 Å². The summed E-state index contributed by atoms with van der Waals surface area (Å²) in [7, 11) is 1.62. The standard InChI is InChI=1S/C24H24N2O4S/c1-3-4-13-29-18-9-7-17(8-10-18)23(27)26(16-20-6-5-14-30-20)24-25-21-15-19(28-2)11-12-22(21)31-24/h5-12,14-15H,3-4,13,16H2,1-2H3. The number of carbonyl (C=O) groups is 1. The molecule has 0 fully saturated rings. The Morgan fingerprint density at radius 1 is 1.13 bits per heavy atom. The highest BCUT2D eigenvalue weighted by Gasteiger charge is 2.23. The molecule has 7 heteroatoms. The zero-order valence-corrected chi connectivity index (χ0v) is 18.4. The molecule has 1 amide bonds. The van der Waals surface area contributed by atoms with Gasteiger partial charge in [0, 0.05) is 11.6 Å². The number of methoxy groups -OCH3 is 1. The lowest BCUT2D eigenvalue weighted by Crippen LogP contribution is -2.30. The average Bonchev–Trinajstić information content (AvgIpc) is 3.46. The van der Waals surface area contributed by atoms with Crippen molar-refractivity contribution < 1.29 is 18.7 Å². The summed E-state index contributed by atoms with van der Waals surface area (Å²) in [6.07, 6.45) is 3.68. The van der Waals surface area contributed by atoms with Crippen LogP contribution in [0.1, 0.15) is 35.9 Å². The number of carbonyl (C=O) groups excluding carboxylic acids is 1. The molecule has 4 rings (SSSR count). The molecule has 4 aromatic rings. The maximum atomic E-state index is 13.4. The third-order valence-electron chi connectivity index (χ3n) is 4.82. The van der Waals surface area contributed by atoms with Crippen LogP contribution in [0.25, 0.3) is 10.2 Å². The monoisotopic (exact) mass is 436 g/mol. The third-order valence-corrected chi connectivity index (χ3v) is 5.88. The van der Waals surface area contributed by atoms with Gasteiger partial charge in [0.15, 0.2) is 5.13 Å². The van der Waals surface area contributed by atoms with Crippen LogP contribution in [-0.4, -0.2) is 24.6 Å². The number of amides is 1. The molecular weight excluding hydrogens is 412 g/mol. The van der Waals surface area contributed by atoms with E-state index in [1.54, 1.807) is 30.4 Å². The predicted octanol–water partition coefficient (Wildman–Crippen LogP) is 5.92. The molecular formula is C24H24N2O4S. The van der Waals surface area contributed by atoms with E-state index < -0.39 is 0 Å². The second-order valence-electron chi connectivity index (χ2n) is 7.03. The number of furan rings is 1. The van der Waals surface area contributed by atoms with Gasteiger partial charge in [0.2, 0.25) is 0 Å². The molecule has 0 unspecified atom stereocenters. The number of benzene rings is 2. The fourth-order valence-electron chi connectivity index (χ4n) is 3.11. The Hall–Kier alpha value is -3.32. The van der Waals surface area contributed by atoms with Crippen molar-refractivity contribution in [3.05, 3.63) is 72.2 Å². The van der Waals surface area contributed by atoms with Crippen LogP contribution in [0.3, 0.4) is 0 Å². The maximum Gasteiger partial charge on any atom is 0.260 e. The molecule has 0 spiro atoms. The molecule has 0 aliphatic heterocycles. The summed E-state index contributed by atoms with van der Waals surface area (Å²) >= 11 is 1.46. The molecule has 0 saturated carbocycles. The van der Waals surface area contributed by atoms with Crippen LogP contribution in [0.2, 0.25) is 0 Å². The van der Waals surface area contributed by atoms with E-state index >= 15 is 0 Å². The van der Waals surface area contributed by atoms with Gasteiger partial charge in [-0.25, -0.2) is 4.98 Å². The fourth-order valence-corrected chi connectivity index (χ4v) is 4.05. The number of unbranched alkanes of at least 4 members (excludes halogenated alkanes) is 1. The van der Waals surface area contributed by atoms with Crippen LogP contribution < -0.4 is 14.4 Å². The number of rotatable bonds is 9. The van der Waals surface area contributed by atoms with Crippen LogP contribution in [0.4, 0.5) is 5.13 Å². The second-order valence-corrected chi connectivity index (χ2v) is 8.04. The first-order valence-electron chi connectivity index (χ1n) is 10.2. The van der Waals surface area contributed by atoms with Gasteiger partial charge in [-0.15, -0.1) is 0 Å². The van der Waals surface area contributed by atoms with Crippen molar-refractivity contribution in [3.63, 3.8) is 0 Å². The van der Waals surface area contributed by atoms with Crippen molar-refractivity contribution >= 4 is 32.6 Å². The van der Waals surface area contributed by atoms with Crippen molar-refractivity contribution in [2.45, 2.75) is 26.3 Å². The summed E-state index contributed by atoms with van der Waals surface area (Å²) < 4.78 is 17.5. The molecule has 0 atom stereocenters. The van der Waals surface area contributed by atoms with Gasteiger partial charge in [0.25, 0.3) is 5.91 Å². The number of anilines is 1. The Morgan fingerprint density at radius 3 is 2.65 bits per heavy atom. The van der Waals surface area contributed by atoms with E-state index in [0.29, 0.717) is 23.1 Å². The minimum atomic E-state index is -0.150. The Balaban J connectivity index is 1.62. The molecule has 0 aliphatic carbocycles. The van der Waals surface area contributed by atoms with E-state index in [1.165, 1.54) is 11.3 Å². The van der Waals surface area contributed by atoms with Crippen LogP contribution in [0.15, 0.2) is 65.3 Å². The number of ether oxygens (including phenoxy) is 2. The molecule has 2 aromatic carbocycles. The highest BCUT2D eigenvalue weighted by atomic mass is 32.1. The number of hydrogen-bond acceptors (Lipinski definition) is 6. The maximum absolute atomic E-state index is 13.4. The van der Waals surface area contributed by atoms with Crippen LogP contribution >= 0.6 is 11.3 Å². The SMILES string of the molecule is CCCCOc1ccc(C(=O)N(Cc2ccco2)c2nc3cc(OC)ccc3s2)cc1. The smallest absolute Gasteiger partial charge is 0.260 e. The van der Waals surface area contributed by atoms with Crippen LogP contribution in [-0.2, 0) is 6.54 Å². The Bertz CT molecular complexity index is 1140. The summed E-state index contributed by atoms with van der Waals surface area (Å²) in [6, 6.07) is 16.6. The normalized spacial score (nSPS) is 10.9. The van der Waals surface area contributed by atoms with Gasteiger partial charge < -0.3 is 13.9 Å². The molecule has 0 radical (unpaired) electrons. The molecule has 0 N–H and O–H groups in total. The summed E-state index contributed by atoms with van der Waals surface area (Å²) in [6.45, 7) is 3.08. The highest BCUT2D eigenvalue weighted by molar-refractivity contribution is 7.22. The van der Waals surface area contributed by atoms with Crippen molar-refractivity contribution in [2.75, 3.05) is 18.6 Å². The van der Waals surface area contributed by atoms with Gasteiger partial charge in [-0.3, -0.25) is 9.69 Å². The van der Waals surface area contributed by atoms with E-state index in [9.17, 15) is 4.79 Å². The van der Waals surface area contributed by atoms with E-state index in [0.717, 1.165) is 34.6 Å². The quantitative estimate of drug-likeness (QED) is 0.305. The van der Waals surface area contributed by atoms with Gasteiger partial charge in [-0.2, -0.15) is 0 Å². The van der Waals surface area contributed by atoms with Crippen molar-refractivity contribution in [1.29, 1.82) is 0 Å². The molecule has 0 bridgehead atoms. The minimum absolute atomic E-state index is 0.150. The Labute approximate surface area is 185 Å². The van der Waals surface area contributed by atoms with E-state index in [-0.39, 0.29) is 12.5 Å². The molecule has 160 valence electrons. The van der Waals surface area contributed by atoms with Gasteiger partial charge in [-0.05, 0) is 55.0 Å². The number of fused-ring (bicyclic) bond motifs is 1. The van der Waals surface area contributed by atoms with E-state index in [1.807, 2.05) is 42.5 Å². The zero-order valence-electron chi connectivity index (χ0n) is 17.5. The predicted molar refractivity (Wildman–Crippen MR) is 122 cm³/mol. The lowest BCUT2D eigenvalue weighted by atomic mass is 10.2. The number of thiazole rings is 1. The van der Waals surface area contributed by atoms with Crippen LogP contribution in [0.5, 0.6) is 11.5 Å². The first-order chi connectivity index (χ1) is 15.2. The Morgan fingerprint density at radius 2 is 1.94 bits per heavy atom. The third kappa shape index (κ3) is 4.88. The molecule has 0 saturated heterocycles. The van der Waals surface area contributed by atoms with Crippen molar-refractivity contribution in [1.82, 2.24) is 4.98 Å². The Kier molecular flexibility index (Phi) is 6.52. The number of hydrogen-bond donors (Lipinski definition) is 0. The zero-order chi connectivity index (χ0) is 21.6. The van der Waals surface area contributed by atoms with Gasteiger partial charge >= 0.3 is 0 Å². The second kappa shape index (κ2) is 9.66. The molecule has 2 heterocycles. The molecule has 0 aliphatic rings. The summed E-state index contributed by atoms with van der Waals surface area (Å²) in [5, 5.41) is 0.605.